The lowest BCUT2D eigenvalue weighted by molar-refractivity contribution is -0.124. The first kappa shape index (κ1) is 28.0. The number of hydrogen-bond acceptors (Lipinski definition) is 4. The molecule has 0 radical (unpaired) electrons. The predicted molar refractivity (Wildman–Crippen MR) is 163 cm³/mol. The van der Waals surface area contributed by atoms with Gasteiger partial charge in [0.05, 0.1) is 13.3 Å². The molecule has 4 aliphatic carbocycles. The number of benzene rings is 2. The van der Waals surface area contributed by atoms with Crippen LogP contribution in [0.25, 0.3) is 11.1 Å². The minimum Gasteiger partial charge on any atom is -0.496 e. The Morgan fingerprint density at radius 1 is 1.05 bits per heavy atom. The molecule has 6 nitrogen and oxygen atoms in total. The Kier molecular flexibility index (Phi) is 7.71. The van der Waals surface area contributed by atoms with E-state index >= 15 is 0 Å². The molecule has 0 aliphatic heterocycles. The fourth-order valence-electron chi connectivity index (χ4n) is 7.89. The van der Waals surface area contributed by atoms with Gasteiger partial charge in [0.2, 0.25) is 5.91 Å². The summed E-state index contributed by atoms with van der Waals surface area (Å²) in [4.78, 5) is 16.4. The number of aryl methyl sites for hydroxylation is 1. The Labute approximate surface area is 244 Å². The van der Waals surface area contributed by atoms with E-state index in [2.05, 4.69) is 59.4 Å². The maximum Gasteiger partial charge on any atom is 0.230 e. The quantitative estimate of drug-likeness (QED) is 0.311. The first-order valence-electron chi connectivity index (χ1n) is 15.6. The summed E-state index contributed by atoms with van der Waals surface area (Å²) < 4.78 is 7.09. The standard InChI is InChI=1S/C35H45N3O3/c1-25-20-30(12-13-32(25)41-3)35-17-14-34(15-18-35,16-19-35)24-37(33(40)27-8-5-4-6-9-27)31-11-7-10-28(21-31)29-22-36-38(23-29)26(2)39/h7,10-13,20-23,26-27,39H,4-6,8-9,14-19,24H2,1-3H3. The number of amides is 1. The molecule has 3 aromatic rings. The zero-order valence-corrected chi connectivity index (χ0v) is 24.9. The average molecular weight is 556 g/mol. The summed E-state index contributed by atoms with van der Waals surface area (Å²) in [5.41, 5.74) is 6.06. The van der Waals surface area contributed by atoms with E-state index in [9.17, 15) is 9.90 Å². The number of fused-ring (bicyclic) bond motifs is 3. The maximum absolute atomic E-state index is 14.2. The highest BCUT2D eigenvalue weighted by atomic mass is 16.5. The normalized spacial score (nSPS) is 25.2. The second-order valence-corrected chi connectivity index (χ2v) is 13.1. The Hall–Kier alpha value is -3.12. The van der Waals surface area contributed by atoms with Crippen LogP contribution < -0.4 is 9.64 Å². The number of aliphatic hydroxyl groups excluding tert-OH is 1. The molecule has 1 N–H and O–H groups in total. The van der Waals surface area contributed by atoms with Gasteiger partial charge in [-0.1, -0.05) is 43.5 Å². The van der Waals surface area contributed by atoms with E-state index in [-0.39, 0.29) is 16.7 Å². The number of rotatable bonds is 8. The second-order valence-electron chi connectivity index (χ2n) is 13.1. The van der Waals surface area contributed by atoms with E-state index in [1.165, 1.54) is 36.8 Å². The summed E-state index contributed by atoms with van der Waals surface area (Å²) in [6.45, 7) is 4.65. The molecule has 4 saturated carbocycles. The average Bonchev–Trinajstić information content (AvgIpc) is 3.52. The van der Waals surface area contributed by atoms with E-state index < -0.39 is 6.23 Å². The third kappa shape index (κ3) is 5.43. The zero-order valence-electron chi connectivity index (χ0n) is 24.9. The predicted octanol–water partition coefficient (Wildman–Crippen LogP) is 7.58. The van der Waals surface area contributed by atoms with Crippen molar-refractivity contribution in [2.45, 2.75) is 96.1 Å². The van der Waals surface area contributed by atoms with E-state index in [0.717, 1.165) is 74.1 Å². The Balaban J connectivity index is 1.27. The largest absolute Gasteiger partial charge is 0.496 e. The molecule has 218 valence electrons. The fourth-order valence-corrected chi connectivity index (χ4v) is 7.89. The van der Waals surface area contributed by atoms with Gasteiger partial charge in [-0.25, -0.2) is 4.68 Å². The number of aromatic nitrogens is 2. The summed E-state index contributed by atoms with van der Waals surface area (Å²) in [6.07, 6.45) is 15.6. The van der Waals surface area contributed by atoms with Crippen LogP contribution in [0.15, 0.2) is 54.9 Å². The molecular weight excluding hydrogens is 510 g/mol. The van der Waals surface area contributed by atoms with Crippen LogP contribution >= 0.6 is 0 Å². The van der Waals surface area contributed by atoms with E-state index in [1.54, 1.807) is 24.9 Å². The van der Waals surface area contributed by atoms with Gasteiger partial charge in [-0.2, -0.15) is 5.10 Å². The van der Waals surface area contributed by atoms with Crippen molar-refractivity contribution in [3.05, 3.63) is 66.0 Å². The highest BCUT2D eigenvalue weighted by Crippen LogP contribution is 2.58. The zero-order chi connectivity index (χ0) is 28.6. The van der Waals surface area contributed by atoms with Crippen LogP contribution in [0.2, 0.25) is 0 Å². The molecule has 4 aliphatic rings. The van der Waals surface area contributed by atoms with Crippen molar-refractivity contribution in [3.8, 4) is 16.9 Å². The Bertz CT molecular complexity index is 1360. The van der Waals surface area contributed by atoms with Crippen LogP contribution in [0.3, 0.4) is 0 Å². The van der Waals surface area contributed by atoms with Crippen molar-refractivity contribution in [2.75, 3.05) is 18.6 Å². The van der Waals surface area contributed by atoms with Gasteiger partial charge in [0.25, 0.3) is 0 Å². The molecule has 2 aromatic carbocycles. The first-order valence-corrected chi connectivity index (χ1v) is 15.6. The molecule has 2 bridgehead atoms. The van der Waals surface area contributed by atoms with Crippen LogP contribution in [0, 0.1) is 18.3 Å². The van der Waals surface area contributed by atoms with E-state index in [0.29, 0.717) is 5.91 Å². The first-order chi connectivity index (χ1) is 19.8. The summed E-state index contributed by atoms with van der Waals surface area (Å²) in [6, 6.07) is 15.2. The van der Waals surface area contributed by atoms with Crippen LogP contribution in [0.5, 0.6) is 5.75 Å². The Morgan fingerprint density at radius 3 is 2.41 bits per heavy atom. The van der Waals surface area contributed by atoms with Gasteiger partial charge in [0.15, 0.2) is 0 Å². The number of methoxy groups -OCH3 is 1. The third-order valence-electron chi connectivity index (χ3n) is 10.6. The fraction of sp³-hybridized carbons (Fsp3) is 0.543. The van der Waals surface area contributed by atoms with Gasteiger partial charge in [-0.3, -0.25) is 4.79 Å². The molecule has 6 heteroatoms. The number of aliphatic hydroxyl groups is 1. The van der Waals surface area contributed by atoms with Crippen molar-refractivity contribution < 1.29 is 14.6 Å². The van der Waals surface area contributed by atoms with Crippen molar-refractivity contribution in [3.63, 3.8) is 0 Å². The van der Waals surface area contributed by atoms with Crippen molar-refractivity contribution in [1.82, 2.24) is 9.78 Å². The minimum atomic E-state index is -0.679. The third-order valence-corrected chi connectivity index (χ3v) is 10.6. The van der Waals surface area contributed by atoms with Crippen molar-refractivity contribution >= 4 is 11.6 Å². The minimum absolute atomic E-state index is 0.121. The highest BCUT2D eigenvalue weighted by Gasteiger charge is 2.50. The SMILES string of the molecule is COc1ccc(C23CCC(CN(C(=O)C4CCCCC4)c4cccc(-c5cnn(C(C)O)c5)c4)(CC2)CC3)cc1C. The summed E-state index contributed by atoms with van der Waals surface area (Å²) in [7, 11) is 1.74. The molecule has 1 atom stereocenters. The number of hydrogen-bond donors (Lipinski definition) is 1. The van der Waals surface area contributed by atoms with Gasteiger partial charge < -0.3 is 14.7 Å². The number of carbonyl (C=O) groups is 1. The smallest absolute Gasteiger partial charge is 0.230 e. The maximum atomic E-state index is 14.2. The highest BCUT2D eigenvalue weighted by molar-refractivity contribution is 5.96. The lowest BCUT2D eigenvalue weighted by atomic mass is 9.51. The molecule has 1 heterocycles. The van der Waals surface area contributed by atoms with E-state index in [4.69, 9.17) is 4.74 Å². The van der Waals surface area contributed by atoms with Gasteiger partial charge in [0.1, 0.15) is 12.0 Å². The summed E-state index contributed by atoms with van der Waals surface area (Å²) in [5.74, 6) is 1.39. The molecule has 0 spiro atoms. The van der Waals surface area contributed by atoms with E-state index in [1.807, 2.05) is 6.20 Å². The number of ether oxygens (including phenoxy) is 1. The van der Waals surface area contributed by atoms with Gasteiger partial charge in [0, 0.05) is 29.9 Å². The van der Waals surface area contributed by atoms with Crippen molar-refractivity contribution in [2.24, 2.45) is 11.3 Å². The van der Waals surface area contributed by atoms with Gasteiger partial charge >= 0.3 is 0 Å². The summed E-state index contributed by atoms with van der Waals surface area (Å²) >= 11 is 0. The molecule has 1 unspecified atom stereocenters. The molecule has 41 heavy (non-hydrogen) atoms. The summed E-state index contributed by atoms with van der Waals surface area (Å²) in [5, 5.41) is 14.3. The number of carbonyl (C=O) groups excluding carboxylic acids is 1. The molecular formula is C35H45N3O3. The molecule has 1 amide bonds. The number of anilines is 1. The monoisotopic (exact) mass is 555 g/mol. The molecule has 4 fully saturated rings. The molecule has 7 rings (SSSR count). The van der Waals surface area contributed by atoms with Gasteiger partial charge in [-0.15, -0.1) is 0 Å². The second kappa shape index (κ2) is 11.3. The molecule has 0 saturated heterocycles. The van der Waals surface area contributed by atoms with Crippen LogP contribution in [-0.2, 0) is 10.2 Å². The number of nitrogens with zero attached hydrogens (tertiary/aromatic N) is 3. The van der Waals surface area contributed by atoms with Gasteiger partial charge in [-0.05, 0) is 111 Å². The Morgan fingerprint density at radius 2 is 1.78 bits per heavy atom. The van der Waals surface area contributed by atoms with Crippen LogP contribution in [0.1, 0.15) is 94.9 Å². The van der Waals surface area contributed by atoms with Crippen LogP contribution in [0.4, 0.5) is 5.69 Å². The lowest BCUT2D eigenvalue weighted by Gasteiger charge is -2.55. The topological polar surface area (TPSA) is 67.6 Å². The van der Waals surface area contributed by atoms with Crippen LogP contribution in [-0.4, -0.2) is 34.4 Å². The molecule has 1 aromatic heterocycles. The van der Waals surface area contributed by atoms with Crippen molar-refractivity contribution in [1.29, 1.82) is 0 Å². The lowest BCUT2D eigenvalue weighted by Crippen LogP contribution is -2.51.